The van der Waals surface area contributed by atoms with Gasteiger partial charge in [-0.2, -0.15) is 5.10 Å². The fourth-order valence-corrected chi connectivity index (χ4v) is 2.35. The van der Waals surface area contributed by atoms with E-state index >= 15 is 0 Å². The molecule has 1 saturated heterocycles. The molecule has 0 saturated carbocycles. The van der Waals surface area contributed by atoms with Crippen molar-refractivity contribution in [2.24, 2.45) is 0 Å². The summed E-state index contributed by atoms with van der Waals surface area (Å²) in [6.45, 7) is 1.91. The highest BCUT2D eigenvalue weighted by molar-refractivity contribution is 5.12. The highest BCUT2D eigenvalue weighted by atomic mass is 16.3. The lowest BCUT2D eigenvalue weighted by Gasteiger charge is -2.34. The second-order valence-corrected chi connectivity index (χ2v) is 4.25. The van der Waals surface area contributed by atoms with E-state index in [1.165, 1.54) is 12.8 Å². The van der Waals surface area contributed by atoms with E-state index < -0.39 is 0 Å². The normalized spacial score (nSPS) is 22.5. The van der Waals surface area contributed by atoms with Gasteiger partial charge in [-0.1, -0.05) is 6.42 Å². The predicted molar refractivity (Wildman–Crippen MR) is 59.8 cm³/mol. The van der Waals surface area contributed by atoms with Crippen molar-refractivity contribution in [3.05, 3.63) is 17.5 Å². The first-order valence-electron chi connectivity index (χ1n) is 5.85. The summed E-state index contributed by atoms with van der Waals surface area (Å²) in [5.41, 5.74) is 1.74. The number of aliphatic hydroxyl groups excluding tert-OH is 2. The summed E-state index contributed by atoms with van der Waals surface area (Å²) in [5.74, 6) is 0. The summed E-state index contributed by atoms with van der Waals surface area (Å²) in [6, 6.07) is 2.21. The van der Waals surface area contributed by atoms with Crippen molar-refractivity contribution in [1.82, 2.24) is 15.1 Å². The first kappa shape index (κ1) is 11.6. The van der Waals surface area contributed by atoms with Crippen LogP contribution in [0.1, 0.15) is 36.7 Å². The van der Waals surface area contributed by atoms with Crippen molar-refractivity contribution in [3.63, 3.8) is 0 Å². The summed E-state index contributed by atoms with van der Waals surface area (Å²) < 4.78 is 0. The number of nitrogens with zero attached hydrogens (tertiary/aromatic N) is 2. The molecule has 1 aromatic heterocycles. The fourth-order valence-electron chi connectivity index (χ4n) is 2.35. The van der Waals surface area contributed by atoms with Gasteiger partial charge in [-0.15, -0.1) is 0 Å². The highest BCUT2D eigenvalue weighted by Gasteiger charge is 2.25. The van der Waals surface area contributed by atoms with E-state index in [0.29, 0.717) is 6.54 Å². The zero-order valence-corrected chi connectivity index (χ0v) is 9.39. The van der Waals surface area contributed by atoms with E-state index in [1.807, 2.05) is 6.07 Å². The molecule has 0 aliphatic carbocycles. The van der Waals surface area contributed by atoms with Crippen LogP contribution in [0.25, 0.3) is 0 Å². The number of β-amino-alcohol motifs (C(OH)–C–C–N with tert-alkyl or cyclic N) is 1. The Kier molecular flexibility index (Phi) is 3.93. The third kappa shape index (κ3) is 2.42. The summed E-state index contributed by atoms with van der Waals surface area (Å²) in [6.07, 6.45) is 3.47. The molecule has 0 bridgehead atoms. The quantitative estimate of drug-likeness (QED) is 0.694. The van der Waals surface area contributed by atoms with Crippen LogP contribution in [0.4, 0.5) is 0 Å². The lowest BCUT2D eigenvalue weighted by molar-refractivity contribution is 0.114. The number of nitrogens with one attached hydrogen (secondary N) is 1. The Bertz CT molecular complexity index is 325. The van der Waals surface area contributed by atoms with Crippen LogP contribution in [0, 0.1) is 0 Å². The molecule has 1 atom stereocenters. The number of aromatic nitrogens is 2. The number of hydrogen-bond donors (Lipinski definition) is 3. The maximum absolute atomic E-state index is 9.02. The Morgan fingerprint density at radius 3 is 3.00 bits per heavy atom. The van der Waals surface area contributed by atoms with Crippen molar-refractivity contribution < 1.29 is 10.2 Å². The Labute approximate surface area is 95.1 Å². The lowest BCUT2D eigenvalue weighted by atomic mass is 9.99. The molecular formula is C11H19N3O2. The molecule has 1 fully saturated rings. The van der Waals surface area contributed by atoms with Gasteiger partial charge in [-0.05, 0) is 25.5 Å². The standard InChI is InChI=1S/C11H19N3O2/c15-6-5-14-4-2-1-3-11(14)10-7-9(8-16)12-13-10/h7,11,15-16H,1-6,8H2,(H,12,13). The molecular weight excluding hydrogens is 206 g/mol. The van der Waals surface area contributed by atoms with Crippen molar-refractivity contribution in [1.29, 1.82) is 0 Å². The number of likely N-dealkylation sites (tertiary alicyclic amines) is 1. The topological polar surface area (TPSA) is 72.4 Å². The largest absolute Gasteiger partial charge is 0.395 e. The third-order valence-electron chi connectivity index (χ3n) is 3.16. The summed E-state index contributed by atoms with van der Waals surface area (Å²) in [5, 5.41) is 25.1. The van der Waals surface area contributed by atoms with Crippen LogP contribution in [0.2, 0.25) is 0 Å². The molecule has 0 spiro atoms. The number of aliphatic hydroxyl groups is 2. The van der Waals surface area contributed by atoms with Crippen LogP contribution in [0.5, 0.6) is 0 Å². The molecule has 0 aromatic carbocycles. The summed E-state index contributed by atoms with van der Waals surface area (Å²) >= 11 is 0. The van der Waals surface area contributed by atoms with Crippen molar-refractivity contribution in [3.8, 4) is 0 Å². The number of H-pyrrole nitrogens is 1. The van der Waals surface area contributed by atoms with Gasteiger partial charge in [-0.3, -0.25) is 10.00 Å². The van der Waals surface area contributed by atoms with E-state index in [9.17, 15) is 0 Å². The average Bonchev–Trinajstić information content (AvgIpc) is 2.79. The van der Waals surface area contributed by atoms with Crippen LogP contribution in [-0.4, -0.2) is 45.0 Å². The van der Waals surface area contributed by atoms with Gasteiger partial charge in [0.05, 0.1) is 30.6 Å². The van der Waals surface area contributed by atoms with E-state index in [0.717, 1.165) is 24.4 Å². The van der Waals surface area contributed by atoms with Gasteiger partial charge in [0.25, 0.3) is 0 Å². The fraction of sp³-hybridized carbons (Fsp3) is 0.727. The number of aromatic amines is 1. The van der Waals surface area contributed by atoms with Crippen LogP contribution in [-0.2, 0) is 6.61 Å². The lowest BCUT2D eigenvalue weighted by Crippen LogP contribution is -2.35. The number of hydrogen-bond acceptors (Lipinski definition) is 4. The molecule has 0 amide bonds. The Hall–Kier alpha value is -0.910. The summed E-state index contributed by atoms with van der Waals surface area (Å²) in [7, 11) is 0. The van der Waals surface area contributed by atoms with Crippen LogP contribution >= 0.6 is 0 Å². The molecule has 90 valence electrons. The second-order valence-electron chi connectivity index (χ2n) is 4.25. The molecule has 1 unspecified atom stereocenters. The van der Waals surface area contributed by atoms with Crippen molar-refractivity contribution >= 4 is 0 Å². The Morgan fingerprint density at radius 1 is 1.44 bits per heavy atom. The molecule has 2 heterocycles. The first-order valence-corrected chi connectivity index (χ1v) is 5.85. The molecule has 5 nitrogen and oxygen atoms in total. The molecule has 2 rings (SSSR count). The van der Waals surface area contributed by atoms with E-state index in [-0.39, 0.29) is 19.3 Å². The molecule has 3 N–H and O–H groups in total. The van der Waals surface area contributed by atoms with Crippen molar-refractivity contribution in [2.75, 3.05) is 19.7 Å². The minimum absolute atomic E-state index is 0.000278. The van der Waals surface area contributed by atoms with E-state index in [1.54, 1.807) is 0 Å². The Morgan fingerprint density at radius 2 is 2.31 bits per heavy atom. The minimum Gasteiger partial charge on any atom is -0.395 e. The molecule has 5 heteroatoms. The van der Waals surface area contributed by atoms with Gasteiger partial charge in [0.2, 0.25) is 0 Å². The highest BCUT2D eigenvalue weighted by Crippen LogP contribution is 2.29. The SMILES string of the molecule is OCCN1CCCCC1c1cc(CO)[nH]n1. The van der Waals surface area contributed by atoms with Gasteiger partial charge in [0, 0.05) is 6.54 Å². The van der Waals surface area contributed by atoms with Gasteiger partial charge < -0.3 is 10.2 Å². The zero-order chi connectivity index (χ0) is 11.4. The zero-order valence-electron chi connectivity index (χ0n) is 9.39. The van der Waals surface area contributed by atoms with Gasteiger partial charge in [-0.25, -0.2) is 0 Å². The van der Waals surface area contributed by atoms with Crippen molar-refractivity contribution in [2.45, 2.75) is 31.9 Å². The first-order chi connectivity index (χ1) is 7.85. The molecule has 0 radical (unpaired) electrons. The summed E-state index contributed by atoms with van der Waals surface area (Å²) in [4.78, 5) is 2.26. The van der Waals surface area contributed by atoms with Gasteiger partial charge in [0.15, 0.2) is 0 Å². The maximum Gasteiger partial charge on any atom is 0.0847 e. The molecule has 1 aliphatic heterocycles. The second kappa shape index (κ2) is 5.43. The number of rotatable bonds is 4. The van der Waals surface area contributed by atoms with E-state index in [2.05, 4.69) is 15.1 Å². The van der Waals surface area contributed by atoms with E-state index in [4.69, 9.17) is 10.2 Å². The predicted octanol–water partition coefficient (Wildman–Crippen LogP) is 0.421. The molecule has 16 heavy (non-hydrogen) atoms. The van der Waals surface area contributed by atoms with Gasteiger partial charge in [0.1, 0.15) is 0 Å². The smallest absolute Gasteiger partial charge is 0.0847 e. The van der Waals surface area contributed by atoms with Crippen LogP contribution in [0.15, 0.2) is 6.07 Å². The molecule has 1 aliphatic rings. The van der Waals surface area contributed by atoms with Crippen LogP contribution in [0.3, 0.4) is 0 Å². The molecule has 1 aromatic rings. The van der Waals surface area contributed by atoms with Crippen LogP contribution < -0.4 is 0 Å². The third-order valence-corrected chi connectivity index (χ3v) is 3.16. The van der Waals surface area contributed by atoms with Gasteiger partial charge >= 0.3 is 0 Å². The number of piperidine rings is 1. The average molecular weight is 225 g/mol. The Balaban J connectivity index is 2.09. The minimum atomic E-state index is -0.000278. The monoisotopic (exact) mass is 225 g/mol. The maximum atomic E-state index is 9.02.